The second-order valence-electron chi connectivity index (χ2n) is 8.49. The summed E-state index contributed by atoms with van der Waals surface area (Å²) in [6.45, 7) is 6.88. The number of aryl methyl sites for hydroxylation is 1. The second kappa shape index (κ2) is 10.5. The van der Waals surface area contributed by atoms with Crippen LogP contribution in [-0.4, -0.2) is 34.7 Å². The molecular formula is C27H32N4O3. The molecule has 1 unspecified atom stereocenters. The van der Waals surface area contributed by atoms with Crippen molar-refractivity contribution in [3.8, 4) is 17.1 Å². The predicted molar refractivity (Wildman–Crippen MR) is 132 cm³/mol. The maximum atomic E-state index is 13.1. The number of aromatic nitrogens is 2. The Morgan fingerprint density at radius 2 is 1.91 bits per heavy atom. The predicted octanol–water partition coefficient (Wildman–Crippen LogP) is 6.00. The van der Waals surface area contributed by atoms with Gasteiger partial charge in [-0.25, -0.2) is 4.79 Å². The molecule has 1 aliphatic heterocycles. The van der Waals surface area contributed by atoms with Gasteiger partial charge >= 0.3 is 6.03 Å². The molecule has 0 spiro atoms. The van der Waals surface area contributed by atoms with E-state index in [1.165, 1.54) is 5.56 Å². The van der Waals surface area contributed by atoms with Gasteiger partial charge in [0.05, 0.1) is 18.7 Å². The van der Waals surface area contributed by atoms with Crippen LogP contribution in [-0.2, 0) is 6.42 Å². The number of rotatable bonds is 9. The number of benzene rings is 2. The number of methoxy groups -OCH3 is 1. The number of ether oxygens (including phenoxy) is 1. The number of amides is 2. The Kier molecular flexibility index (Phi) is 7.30. The first-order chi connectivity index (χ1) is 16.5. The van der Waals surface area contributed by atoms with Crippen LogP contribution in [0.25, 0.3) is 17.0 Å². The number of urea groups is 1. The van der Waals surface area contributed by atoms with Crippen molar-refractivity contribution in [2.45, 2.75) is 52.5 Å². The molecule has 1 aliphatic rings. The molecule has 3 aromatic rings. The molecule has 2 heterocycles. The molecule has 0 saturated heterocycles. The third-order valence-corrected chi connectivity index (χ3v) is 6.29. The average molecular weight is 461 g/mol. The summed E-state index contributed by atoms with van der Waals surface area (Å²) < 4.78 is 11.1. The standard InChI is InChI=1S/C27H32N4O3/c1-5-7-8-16-31-18(3)23(24(28-27(31)32)20-14-12-19(6-2)13-15-20)26-29-25(30-34-26)21-10-9-11-22(17-21)33-4/h9-15,17,24H,5-8,16H2,1-4H3,(H,28,32). The molecule has 0 aliphatic carbocycles. The van der Waals surface area contributed by atoms with Crippen LogP contribution in [0, 0.1) is 0 Å². The summed E-state index contributed by atoms with van der Waals surface area (Å²) in [5.41, 5.74) is 4.69. The lowest BCUT2D eigenvalue weighted by Gasteiger charge is -2.35. The largest absolute Gasteiger partial charge is 0.497 e. The molecule has 0 saturated carbocycles. The highest BCUT2D eigenvalue weighted by Crippen LogP contribution is 2.37. The van der Waals surface area contributed by atoms with Crippen LogP contribution in [0.4, 0.5) is 4.79 Å². The van der Waals surface area contributed by atoms with E-state index in [4.69, 9.17) is 14.2 Å². The van der Waals surface area contributed by atoms with Gasteiger partial charge in [-0.1, -0.05) is 68.2 Å². The summed E-state index contributed by atoms with van der Waals surface area (Å²) in [5.74, 6) is 1.60. The Bertz CT molecular complexity index is 1170. The Balaban J connectivity index is 1.76. The molecule has 0 radical (unpaired) electrons. The van der Waals surface area contributed by atoms with E-state index >= 15 is 0 Å². The fourth-order valence-corrected chi connectivity index (χ4v) is 4.26. The number of unbranched alkanes of at least 4 members (excludes halogenated alkanes) is 2. The summed E-state index contributed by atoms with van der Waals surface area (Å²) in [4.78, 5) is 19.6. The van der Waals surface area contributed by atoms with Crippen LogP contribution >= 0.6 is 0 Å². The SMILES string of the molecule is CCCCCN1C(=O)NC(c2ccc(CC)cc2)C(c2nc(-c3cccc(OC)c3)no2)=C1C. The van der Waals surface area contributed by atoms with E-state index in [2.05, 4.69) is 48.6 Å². The van der Waals surface area contributed by atoms with Crippen molar-refractivity contribution in [2.75, 3.05) is 13.7 Å². The van der Waals surface area contributed by atoms with E-state index in [-0.39, 0.29) is 12.1 Å². The highest BCUT2D eigenvalue weighted by atomic mass is 16.5. The van der Waals surface area contributed by atoms with E-state index in [9.17, 15) is 4.79 Å². The first-order valence-corrected chi connectivity index (χ1v) is 11.9. The van der Waals surface area contributed by atoms with Crippen molar-refractivity contribution in [3.63, 3.8) is 0 Å². The number of nitrogens with one attached hydrogen (secondary N) is 1. The Hall–Kier alpha value is -3.61. The average Bonchev–Trinajstić information content (AvgIpc) is 3.35. The number of allylic oxidation sites excluding steroid dienone is 1. The van der Waals surface area contributed by atoms with Crippen molar-refractivity contribution in [1.29, 1.82) is 0 Å². The lowest BCUT2D eigenvalue weighted by molar-refractivity contribution is 0.204. The van der Waals surface area contributed by atoms with E-state index in [0.717, 1.165) is 53.8 Å². The topological polar surface area (TPSA) is 80.5 Å². The van der Waals surface area contributed by atoms with Crippen molar-refractivity contribution in [1.82, 2.24) is 20.4 Å². The maximum absolute atomic E-state index is 13.1. The van der Waals surface area contributed by atoms with Crippen molar-refractivity contribution < 1.29 is 14.1 Å². The minimum atomic E-state index is -0.376. The number of carbonyl (C=O) groups is 1. The first kappa shape index (κ1) is 23.5. The molecule has 0 bridgehead atoms. The molecule has 1 N–H and O–H groups in total. The molecule has 0 fully saturated rings. The summed E-state index contributed by atoms with van der Waals surface area (Å²) in [6.07, 6.45) is 4.04. The van der Waals surface area contributed by atoms with Gasteiger partial charge in [0.25, 0.3) is 5.89 Å². The highest BCUT2D eigenvalue weighted by Gasteiger charge is 2.35. The maximum Gasteiger partial charge on any atom is 0.322 e. The number of hydrogen-bond acceptors (Lipinski definition) is 5. The number of carbonyl (C=O) groups excluding carboxylic acids is 1. The van der Waals surface area contributed by atoms with Crippen molar-refractivity contribution >= 4 is 11.6 Å². The second-order valence-corrected chi connectivity index (χ2v) is 8.49. The fraction of sp³-hybridized carbons (Fsp3) is 0.370. The minimum Gasteiger partial charge on any atom is -0.497 e. The summed E-state index contributed by atoms with van der Waals surface area (Å²) in [7, 11) is 1.63. The molecule has 1 aromatic heterocycles. The van der Waals surface area contributed by atoms with Crippen LogP contribution in [0.1, 0.15) is 63.1 Å². The molecule has 2 amide bonds. The zero-order valence-corrected chi connectivity index (χ0v) is 20.3. The molecular weight excluding hydrogens is 428 g/mol. The van der Waals surface area contributed by atoms with Gasteiger partial charge in [0.1, 0.15) is 5.75 Å². The Morgan fingerprint density at radius 3 is 2.62 bits per heavy atom. The van der Waals surface area contributed by atoms with Gasteiger partial charge in [-0.05, 0) is 43.0 Å². The Labute approximate surface area is 200 Å². The van der Waals surface area contributed by atoms with E-state index < -0.39 is 0 Å². The quantitative estimate of drug-likeness (QED) is 0.396. The van der Waals surface area contributed by atoms with Gasteiger partial charge in [-0.15, -0.1) is 0 Å². The number of nitrogens with zero attached hydrogens (tertiary/aromatic N) is 3. The zero-order valence-electron chi connectivity index (χ0n) is 20.3. The van der Waals surface area contributed by atoms with Gasteiger partial charge < -0.3 is 14.6 Å². The molecule has 34 heavy (non-hydrogen) atoms. The van der Waals surface area contributed by atoms with Crippen LogP contribution in [0.2, 0.25) is 0 Å². The van der Waals surface area contributed by atoms with Crippen LogP contribution < -0.4 is 10.1 Å². The zero-order chi connectivity index (χ0) is 24.1. The normalized spacial score (nSPS) is 16.1. The summed E-state index contributed by atoms with van der Waals surface area (Å²) >= 11 is 0. The molecule has 1 atom stereocenters. The van der Waals surface area contributed by atoms with E-state index in [1.54, 1.807) is 12.0 Å². The van der Waals surface area contributed by atoms with Crippen molar-refractivity contribution in [2.24, 2.45) is 0 Å². The summed E-state index contributed by atoms with van der Waals surface area (Å²) in [6, 6.07) is 15.4. The third kappa shape index (κ3) is 4.83. The van der Waals surface area contributed by atoms with Gasteiger partial charge in [0.15, 0.2) is 0 Å². The Morgan fingerprint density at radius 1 is 1.12 bits per heavy atom. The van der Waals surface area contributed by atoms with Crippen LogP contribution in [0.5, 0.6) is 5.75 Å². The minimum absolute atomic E-state index is 0.102. The molecule has 178 valence electrons. The smallest absolute Gasteiger partial charge is 0.322 e. The van der Waals surface area contributed by atoms with E-state index in [0.29, 0.717) is 18.3 Å². The van der Waals surface area contributed by atoms with Gasteiger partial charge in [0, 0.05) is 17.8 Å². The fourth-order valence-electron chi connectivity index (χ4n) is 4.26. The number of hydrogen-bond donors (Lipinski definition) is 1. The van der Waals surface area contributed by atoms with Crippen molar-refractivity contribution in [3.05, 3.63) is 71.2 Å². The molecule has 4 rings (SSSR count). The molecule has 7 nitrogen and oxygen atoms in total. The molecule has 2 aromatic carbocycles. The molecule has 7 heteroatoms. The third-order valence-electron chi connectivity index (χ3n) is 6.29. The lowest BCUT2D eigenvalue weighted by Crippen LogP contribution is -2.46. The van der Waals surface area contributed by atoms with Crippen LogP contribution in [0.15, 0.2) is 58.8 Å². The monoisotopic (exact) mass is 460 g/mol. The van der Waals surface area contributed by atoms with Gasteiger partial charge in [0.2, 0.25) is 5.82 Å². The lowest BCUT2D eigenvalue weighted by atomic mass is 9.93. The summed E-state index contributed by atoms with van der Waals surface area (Å²) in [5, 5.41) is 7.41. The van der Waals surface area contributed by atoms with Gasteiger partial charge in [-0.3, -0.25) is 4.90 Å². The van der Waals surface area contributed by atoms with Crippen LogP contribution in [0.3, 0.4) is 0 Å². The first-order valence-electron chi connectivity index (χ1n) is 11.9. The highest BCUT2D eigenvalue weighted by molar-refractivity contribution is 5.86. The van der Waals surface area contributed by atoms with E-state index in [1.807, 2.05) is 31.2 Å². The van der Waals surface area contributed by atoms with Gasteiger partial charge in [-0.2, -0.15) is 4.98 Å².